The third-order valence-corrected chi connectivity index (χ3v) is 5.93. The molecular weight excluding hydrogens is 380 g/mol. The second-order valence-electron chi connectivity index (χ2n) is 8.01. The van der Waals surface area contributed by atoms with Crippen LogP contribution in [0.4, 0.5) is 17.1 Å². The van der Waals surface area contributed by atoms with Crippen LogP contribution in [0.2, 0.25) is 0 Å². The molecule has 0 bridgehead atoms. The number of carbonyl (C=O) groups excluding carboxylic acids is 1. The van der Waals surface area contributed by atoms with Gasteiger partial charge in [0.2, 0.25) is 0 Å². The van der Waals surface area contributed by atoms with Crippen molar-refractivity contribution in [3.8, 4) is 6.07 Å². The van der Waals surface area contributed by atoms with Crippen LogP contribution < -0.4 is 16.4 Å². The van der Waals surface area contributed by atoms with Gasteiger partial charge in [0.15, 0.2) is 11.4 Å². The Kier molecular flexibility index (Phi) is 6.19. The van der Waals surface area contributed by atoms with E-state index in [4.69, 9.17) is 15.5 Å². The summed E-state index contributed by atoms with van der Waals surface area (Å²) in [4.78, 5) is 19.7. The number of carbonyl (C=O) groups is 1. The van der Waals surface area contributed by atoms with E-state index in [-0.39, 0.29) is 5.57 Å². The van der Waals surface area contributed by atoms with Gasteiger partial charge in [0.1, 0.15) is 17.5 Å². The fraction of sp³-hybridized carbons (Fsp3) is 0.500. The highest BCUT2D eigenvalue weighted by molar-refractivity contribution is 6.13. The maximum absolute atomic E-state index is 12.9. The van der Waals surface area contributed by atoms with Gasteiger partial charge in [0, 0.05) is 26.2 Å². The molecule has 3 aliphatic rings. The number of nitriles is 1. The molecule has 0 atom stereocenters. The van der Waals surface area contributed by atoms with Gasteiger partial charge in [-0.05, 0) is 30.9 Å². The zero-order valence-electron chi connectivity index (χ0n) is 17.1. The Morgan fingerprint density at radius 1 is 1.27 bits per heavy atom. The summed E-state index contributed by atoms with van der Waals surface area (Å²) in [5.41, 5.74) is 8.33. The van der Waals surface area contributed by atoms with Crippen molar-refractivity contribution in [2.45, 2.75) is 32.1 Å². The highest BCUT2D eigenvalue weighted by Crippen LogP contribution is 2.37. The summed E-state index contributed by atoms with van der Waals surface area (Å²) < 4.78 is 5.57. The molecule has 0 radical (unpaired) electrons. The van der Waals surface area contributed by atoms with Gasteiger partial charge in [-0.1, -0.05) is 25.3 Å². The normalized spacial score (nSPS) is 21.0. The zero-order valence-corrected chi connectivity index (χ0v) is 17.1. The van der Waals surface area contributed by atoms with Gasteiger partial charge in [0.05, 0.1) is 18.0 Å². The molecule has 1 aromatic carbocycles. The number of hydrogen-bond acceptors (Lipinski definition) is 8. The monoisotopic (exact) mass is 408 g/mol. The third-order valence-electron chi connectivity index (χ3n) is 5.93. The number of nitrogens with one attached hydrogen (secondary N) is 2. The molecule has 1 saturated carbocycles. The molecule has 4 rings (SSSR count). The number of ether oxygens (including phenoxy) is 1. The Morgan fingerprint density at radius 2 is 2.03 bits per heavy atom. The number of nitrogens with zero attached hydrogens (tertiary/aromatic N) is 3. The van der Waals surface area contributed by atoms with Crippen molar-refractivity contribution in [1.29, 1.82) is 5.26 Å². The average Bonchev–Trinajstić information content (AvgIpc) is 2.79. The van der Waals surface area contributed by atoms with Gasteiger partial charge < -0.3 is 26.0 Å². The highest BCUT2D eigenvalue weighted by Gasteiger charge is 2.30. The second-order valence-corrected chi connectivity index (χ2v) is 8.01. The quantitative estimate of drug-likeness (QED) is 0.305. The van der Waals surface area contributed by atoms with Gasteiger partial charge in [0.25, 0.3) is 0 Å². The molecule has 0 aromatic heterocycles. The molecule has 4 N–H and O–H groups in total. The number of benzene rings is 1. The lowest BCUT2D eigenvalue weighted by atomic mass is 9.90. The molecule has 1 saturated heterocycles. The third kappa shape index (κ3) is 4.26. The minimum atomic E-state index is -0.597. The van der Waals surface area contributed by atoms with E-state index in [1.807, 2.05) is 12.1 Å². The zero-order chi connectivity index (χ0) is 20.9. The second kappa shape index (κ2) is 9.18. The van der Waals surface area contributed by atoms with Crippen molar-refractivity contribution < 1.29 is 9.53 Å². The van der Waals surface area contributed by atoms with E-state index >= 15 is 0 Å². The summed E-state index contributed by atoms with van der Waals surface area (Å²) >= 11 is 0. The van der Waals surface area contributed by atoms with Crippen molar-refractivity contribution in [2.24, 2.45) is 10.9 Å². The topological polar surface area (TPSA) is 116 Å². The van der Waals surface area contributed by atoms with Gasteiger partial charge in [-0.2, -0.15) is 5.26 Å². The molecule has 8 heteroatoms. The number of nitrogen functional groups attached to an aromatic ring is 1. The van der Waals surface area contributed by atoms with Crippen LogP contribution in [-0.2, 0) is 9.53 Å². The molecule has 2 aliphatic heterocycles. The van der Waals surface area contributed by atoms with E-state index < -0.39 is 5.97 Å². The Labute approximate surface area is 176 Å². The maximum atomic E-state index is 12.9. The number of anilines is 2. The number of nitrogens with two attached hydrogens (primary N) is 1. The minimum absolute atomic E-state index is 0.0452. The lowest BCUT2D eigenvalue weighted by molar-refractivity contribution is -0.140. The Morgan fingerprint density at radius 3 is 2.77 bits per heavy atom. The number of piperazine rings is 1. The smallest absolute Gasteiger partial charge is 0.351 e. The molecule has 158 valence electrons. The molecule has 8 nitrogen and oxygen atoms in total. The molecule has 2 heterocycles. The molecule has 0 unspecified atom stereocenters. The van der Waals surface area contributed by atoms with E-state index in [1.54, 1.807) is 6.07 Å². The molecule has 1 aromatic rings. The van der Waals surface area contributed by atoms with Crippen molar-refractivity contribution >= 4 is 28.9 Å². The molecule has 30 heavy (non-hydrogen) atoms. The fourth-order valence-corrected chi connectivity index (χ4v) is 4.24. The number of aliphatic imine (C=N–C) groups is 1. The van der Waals surface area contributed by atoms with Crippen LogP contribution in [-0.4, -0.2) is 49.5 Å². The first-order valence-corrected chi connectivity index (χ1v) is 10.7. The summed E-state index contributed by atoms with van der Waals surface area (Å²) in [6, 6.07) is 7.51. The van der Waals surface area contributed by atoms with Gasteiger partial charge >= 0.3 is 5.97 Å². The molecule has 0 spiro atoms. The van der Waals surface area contributed by atoms with Gasteiger partial charge in [-0.3, -0.25) is 0 Å². The van der Waals surface area contributed by atoms with Crippen LogP contribution in [0.3, 0.4) is 0 Å². The number of rotatable bonds is 3. The predicted octanol–water partition coefficient (Wildman–Crippen LogP) is 2.53. The van der Waals surface area contributed by atoms with E-state index in [2.05, 4.69) is 21.6 Å². The van der Waals surface area contributed by atoms with Crippen molar-refractivity contribution in [2.75, 3.05) is 43.8 Å². The molecular formula is C22H28N6O2. The summed E-state index contributed by atoms with van der Waals surface area (Å²) in [5.74, 6) is 0.350. The number of hydrogen-bond donors (Lipinski definition) is 3. The van der Waals surface area contributed by atoms with E-state index in [9.17, 15) is 10.1 Å². The Bertz CT molecular complexity index is 905. The van der Waals surface area contributed by atoms with Crippen LogP contribution in [0.25, 0.3) is 0 Å². The minimum Gasteiger partial charge on any atom is -0.461 e. The van der Waals surface area contributed by atoms with Crippen LogP contribution in [0.1, 0.15) is 32.1 Å². The van der Waals surface area contributed by atoms with Gasteiger partial charge in [-0.25, -0.2) is 9.79 Å². The van der Waals surface area contributed by atoms with Crippen LogP contribution in [0.15, 0.2) is 34.5 Å². The fourth-order valence-electron chi connectivity index (χ4n) is 4.24. The standard InChI is InChI=1S/C22H28N6O2/c23-13-16(22(29)30-14-15-5-2-1-3-6-15)19-21(28-11-9-25-10-12-28)27-20-17(24)7-4-8-18(20)26-19/h4,7-8,15,25-26H,1-3,5-6,9-12,14,24H2/b19-16+. The summed E-state index contributed by atoms with van der Waals surface area (Å²) in [5, 5.41) is 16.4. The number of para-hydroxylation sites is 1. The molecule has 2 fully saturated rings. The lowest BCUT2D eigenvalue weighted by Gasteiger charge is -2.34. The van der Waals surface area contributed by atoms with E-state index in [1.165, 1.54) is 19.3 Å². The first-order chi connectivity index (χ1) is 14.7. The van der Waals surface area contributed by atoms with Crippen LogP contribution >= 0.6 is 0 Å². The predicted molar refractivity (Wildman–Crippen MR) is 116 cm³/mol. The number of esters is 1. The number of fused-ring (bicyclic) bond motifs is 1. The summed E-state index contributed by atoms with van der Waals surface area (Å²) in [6.07, 6.45) is 5.74. The number of amidine groups is 1. The van der Waals surface area contributed by atoms with Crippen LogP contribution in [0, 0.1) is 17.2 Å². The lowest BCUT2D eigenvalue weighted by Crippen LogP contribution is -2.48. The van der Waals surface area contributed by atoms with E-state index in [0.717, 1.165) is 39.0 Å². The van der Waals surface area contributed by atoms with Crippen molar-refractivity contribution in [1.82, 2.24) is 10.2 Å². The van der Waals surface area contributed by atoms with Crippen molar-refractivity contribution in [3.05, 3.63) is 29.5 Å². The average molecular weight is 409 g/mol. The SMILES string of the molecule is N#C/C(C(=O)OCC1CCCCC1)=C1\Nc2cccc(N)c2N=C1N1CCNCC1. The van der Waals surface area contributed by atoms with Crippen molar-refractivity contribution in [3.63, 3.8) is 0 Å². The largest absolute Gasteiger partial charge is 0.461 e. The summed E-state index contributed by atoms with van der Waals surface area (Å²) in [6.45, 7) is 3.42. The highest BCUT2D eigenvalue weighted by atomic mass is 16.5. The van der Waals surface area contributed by atoms with Gasteiger partial charge in [-0.15, -0.1) is 0 Å². The first kappa shape index (κ1) is 20.2. The Balaban J connectivity index is 1.64. The van der Waals surface area contributed by atoms with Crippen LogP contribution in [0.5, 0.6) is 0 Å². The first-order valence-electron chi connectivity index (χ1n) is 10.7. The summed E-state index contributed by atoms with van der Waals surface area (Å²) in [7, 11) is 0. The maximum Gasteiger partial charge on any atom is 0.351 e. The van der Waals surface area contributed by atoms with E-state index in [0.29, 0.717) is 41.1 Å². The molecule has 1 aliphatic carbocycles. The molecule has 0 amide bonds. The Hall–Kier alpha value is -3.05.